The molecule has 2 heterocycles. The van der Waals surface area contributed by atoms with E-state index >= 15 is 0 Å². The molecule has 2 fully saturated rings. The van der Waals surface area contributed by atoms with Crippen molar-refractivity contribution in [3.63, 3.8) is 0 Å². The van der Waals surface area contributed by atoms with E-state index in [1.165, 1.54) is 15.0 Å². The zero-order valence-corrected chi connectivity index (χ0v) is 13.8. The zero-order valence-electron chi connectivity index (χ0n) is 13.0. The maximum absolute atomic E-state index is 12.2. The Hall–Kier alpha value is -0.700. The first-order valence-corrected chi connectivity index (χ1v) is 8.98. The smallest absolute Gasteiger partial charge is 0.281 e. The molecule has 0 aliphatic carbocycles. The van der Waals surface area contributed by atoms with Crippen LogP contribution in [0.15, 0.2) is 0 Å². The summed E-state index contributed by atoms with van der Waals surface area (Å²) in [4.78, 5) is 16.2. The molecule has 1 amide bonds. The molecule has 2 aliphatic heterocycles. The molecular weight excluding hydrogens is 292 g/mol. The lowest BCUT2D eigenvalue weighted by Gasteiger charge is -2.36. The van der Waals surface area contributed by atoms with E-state index < -0.39 is 10.2 Å². The van der Waals surface area contributed by atoms with E-state index in [9.17, 15) is 13.2 Å². The fourth-order valence-corrected chi connectivity index (χ4v) is 3.87. The molecule has 0 atom stereocenters. The van der Waals surface area contributed by atoms with Gasteiger partial charge < -0.3 is 4.90 Å². The van der Waals surface area contributed by atoms with Crippen molar-refractivity contribution >= 4 is 16.1 Å². The van der Waals surface area contributed by atoms with Crippen LogP contribution in [-0.2, 0) is 15.0 Å². The van der Waals surface area contributed by atoms with E-state index in [2.05, 4.69) is 4.90 Å². The molecule has 0 spiro atoms. The topological polar surface area (TPSA) is 64.2 Å². The number of likely N-dealkylation sites (tertiary alicyclic amines) is 1. The maximum atomic E-state index is 12.2. The fraction of sp³-hybridized carbons (Fsp3) is 0.923. The predicted octanol–water partition coefficient (Wildman–Crippen LogP) is -0.577. The van der Waals surface area contributed by atoms with Gasteiger partial charge in [-0.15, -0.1) is 0 Å². The third kappa shape index (κ3) is 4.15. The van der Waals surface area contributed by atoms with Gasteiger partial charge in [0.25, 0.3) is 10.2 Å². The molecule has 0 saturated carbocycles. The summed E-state index contributed by atoms with van der Waals surface area (Å²) >= 11 is 0. The van der Waals surface area contributed by atoms with Crippen molar-refractivity contribution < 1.29 is 13.2 Å². The van der Waals surface area contributed by atoms with Crippen molar-refractivity contribution in [1.82, 2.24) is 18.4 Å². The lowest BCUT2D eigenvalue weighted by atomic mass is 10.1. The molecule has 8 heteroatoms. The highest BCUT2D eigenvalue weighted by atomic mass is 32.2. The fourth-order valence-electron chi connectivity index (χ4n) is 2.78. The number of carbonyl (C=O) groups is 1. The number of hydrogen-bond donors (Lipinski definition) is 0. The van der Waals surface area contributed by atoms with Crippen LogP contribution < -0.4 is 0 Å². The molecule has 0 radical (unpaired) electrons. The Morgan fingerprint density at radius 1 is 0.952 bits per heavy atom. The Morgan fingerprint density at radius 2 is 1.52 bits per heavy atom. The molecule has 0 N–H and O–H groups in total. The summed E-state index contributed by atoms with van der Waals surface area (Å²) in [6.45, 7) is 4.29. The lowest BCUT2D eigenvalue weighted by Crippen LogP contribution is -2.53. The van der Waals surface area contributed by atoms with Crippen molar-refractivity contribution in [2.45, 2.75) is 19.3 Å². The summed E-state index contributed by atoms with van der Waals surface area (Å²) in [6, 6.07) is 0. The van der Waals surface area contributed by atoms with Crippen LogP contribution >= 0.6 is 0 Å². The molecule has 0 aromatic carbocycles. The Morgan fingerprint density at radius 3 is 2.05 bits per heavy atom. The number of piperazine rings is 1. The number of rotatable bonds is 4. The van der Waals surface area contributed by atoms with Crippen molar-refractivity contribution in [3.05, 3.63) is 0 Å². The summed E-state index contributed by atoms with van der Waals surface area (Å²) in [5.41, 5.74) is 0. The Labute approximate surface area is 127 Å². The SMILES string of the molecule is CN(C)S(=O)(=O)N1CCN(CC(=O)N2CCCCC2)CC1. The summed E-state index contributed by atoms with van der Waals surface area (Å²) < 4.78 is 26.8. The van der Waals surface area contributed by atoms with E-state index in [0.29, 0.717) is 32.7 Å². The maximum Gasteiger partial charge on any atom is 0.281 e. The van der Waals surface area contributed by atoms with Crippen molar-refractivity contribution in [1.29, 1.82) is 0 Å². The third-order valence-corrected chi connectivity index (χ3v) is 6.13. The zero-order chi connectivity index (χ0) is 15.5. The van der Waals surface area contributed by atoms with Crippen molar-refractivity contribution in [2.75, 3.05) is 59.9 Å². The van der Waals surface area contributed by atoms with Crippen LogP contribution in [0.25, 0.3) is 0 Å². The van der Waals surface area contributed by atoms with Gasteiger partial charge in [-0.2, -0.15) is 17.0 Å². The summed E-state index contributed by atoms with van der Waals surface area (Å²) in [6.07, 6.45) is 3.41. The van der Waals surface area contributed by atoms with Gasteiger partial charge in [-0.05, 0) is 19.3 Å². The average molecular weight is 318 g/mol. The van der Waals surface area contributed by atoms with Gasteiger partial charge in [0.1, 0.15) is 0 Å². The minimum absolute atomic E-state index is 0.179. The molecule has 2 rings (SSSR count). The number of hydrogen-bond acceptors (Lipinski definition) is 4. The Kier molecular flexibility index (Phi) is 5.59. The van der Waals surface area contributed by atoms with Crippen LogP contribution in [0, 0.1) is 0 Å². The number of amides is 1. The number of carbonyl (C=O) groups excluding carboxylic acids is 1. The second kappa shape index (κ2) is 7.04. The Balaban J connectivity index is 1.80. The van der Waals surface area contributed by atoms with Gasteiger partial charge in [-0.3, -0.25) is 9.69 Å². The minimum Gasteiger partial charge on any atom is -0.342 e. The van der Waals surface area contributed by atoms with Crippen LogP contribution in [0.3, 0.4) is 0 Å². The van der Waals surface area contributed by atoms with Gasteiger partial charge in [-0.25, -0.2) is 0 Å². The summed E-state index contributed by atoms with van der Waals surface area (Å²) in [5, 5.41) is 0. The average Bonchev–Trinajstić information content (AvgIpc) is 2.48. The third-order valence-electron chi connectivity index (χ3n) is 4.19. The van der Waals surface area contributed by atoms with Gasteiger partial charge in [0.2, 0.25) is 5.91 Å². The van der Waals surface area contributed by atoms with E-state index in [-0.39, 0.29) is 5.91 Å². The second-order valence-electron chi connectivity index (χ2n) is 5.91. The molecule has 0 aromatic rings. The van der Waals surface area contributed by atoms with Gasteiger partial charge in [0, 0.05) is 53.4 Å². The largest absolute Gasteiger partial charge is 0.342 e. The van der Waals surface area contributed by atoms with Gasteiger partial charge in [0.15, 0.2) is 0 Å². The number of nitrogens with zero attached hydrogens (tertiary/aromatic N) is 4. The van der Waals surface area contributed by atoms with Crippen LogP contribution in [-0.4, -0.2) is 92.6 Å². The molecule has 2 saturated heterocycles. The highest BCUT2D eigenvalue weighted by molar-refractivity contribution is 7.86. The van der Waals surface area contributed by atoms with Crippen LogP contribution in [0.5, 0.6) is 0 Å². The van der Waals surface area contributed by atoms with Crippen LogP contribution in [0.2, 0.25) is 0 Å². The molecule has 7 nitrogen and oxygen atoms in total. The first-order chi connectivity index (χ1) is 9.91. The standard InChI is InChI=1S/C13H26N4O3S/c1-14(2)21(19,20)17-10-8-15(9-11-17)12-13(18)16-6-4-3-5-7-16/h3-12H2,1-2H3. The quantitative estimate of drug-likeness (QED) is 0.696. The molecule has 122 valence electrons. The molecule has 21 heavy (non-hydrogen) atoms. The van der Waals surface area contributed by atoms with Crippen molar-refractivity contribution in [3.8, 4) is 0 Å². The van der Waals surface area contributed by atoms with E-state index in [1.54, 1.807) is 14.1 Å². The monoisotopic (exact) mass is 318 g/mol. The lowest BCUT2D eigenvalue weighted by molar-refractivity contribution is -0.133. The summed E-state index contributed by atoms with van der Waals surface area (Å²) in [5.74, 6) is 0.179. The van der Waals surface area contributed by atoms with E-state index in [4.69, 9.17) is 0 Å². The first kappa shape index (κ1) is 16.7. The highest BCUT2D eigenvalue weighted by Crippen LogP contribution is 2.12. The normalized spacial score (nSPS) is 22.7. The van der Waals surface area contributed by atoms with Crippen molar-refractivity contribution in [2.24, 2.45) is 0 Å². The molecule has 2 aliphatic rings. The van der Waals surface area contributed by atoms with Crippen LogP contribution in [0.1, 0.15) is 19.3 Å². The van der Waals surface area contributed by atoms with E-state index in [1.807, 2.05) is 4.90 Å². The molecule has 0 bridgehead atoms. The molecule has 0 aromatic heterocycles. The van der Waals surface area contributed by atoms with Gasteiger partial charge >= 0.3 is 0 Å². The first-order valence-electron chi connectivity index (χ1n) is 7.59. The number of piperidine rings is 1. The molecule has 0 unspecified atom stereocenters. The Bertz CT molecular complexity index is 452. The summed E-state index contributed by atoms with van der Waals surface area (Å²) in [7, 11) is -0.241. The second-order valence-corrected chi connectivity index (χ2v) is 8.05. The molecular formula is C13H26N4O3S. The predicted molar refractivity (Wildman–Crippen MR) is 81.1 cm³/mol. The minimum atomic E-state index is -3.33. The van der Waals surface area contributed by atoms with E-state index in [0.717, 1.165) is 25.9 Å². The highest BCUT2D eigenvalue weighted by Gasteiger charge is 2.29. The van der Waals surface area contributed by atoms with Gasteiger partial charge in [0.05, 0.1) is 6.54 Å². The van der Waals surface area contributed by atoms with Crippen LogP contribution in [0.4, 0.5) is 0 Å². The van der Waals surface area contributed by atoms with Gasteiger partial charge in [-0.1, -0.05) is 0 Å².